The summed E-state index contributed by atoms with van der Waals surface area (Å²) >= 11 is 0. The summed E-state index contributed by atoms with van der Waals surface area (Å²) in [4.78, 5) is 14.5. The zero-order valence-corrected chi connectivity index (χ0v) is 12.8. The number of hydrogen-bond acceptors (Lipinski definition) is 5. The van der Waals surface area contributed by atoms with E-state index < -0.39 is 6.09 Å². The summed E-state index contributed by atoms with van der Waals surface area (Å²) in [6.07, 6.45) is 1.68. The van der Waals surface area contributed by atoms with Crippen molar-refractivity contribution in [1.82, 2.24) is 15.1 Å². The van der Waals surface area contributed by atoms with E-state index >= 15 is 0 Å². The van der Waals surface area contributed by atoms with Crippen molar-refractivity contribution in [2.75, 3.05) is 36.9 Å². The van der Waals surface area contributed by atoms with Gasteiger partial charge in [-0.1, -0.05) is 13.8 Å². The molecule has 1 fully saturated rings. The predicted octanol–water partition coefficient (Wildman–Crippen LogP) is 1.73. The first-order chi connectivity index (χ1) is 9.97. The van der Waals surface area contributed by atoms with Gasteiger partial charge in [0.05, 0.1) is 17.9 Å². The van der Waals surface area contributed by atoms with Gasteiger partial charge in [0.1, 0.15) is 0 Å². The number of carbonyl (C=O) groups is 1. The highest BCUT2D eigenvalue weighted by Gasteiger charge is 2.28. The molecule has 1 atom stereocenters. The first kappa shape index (κ1) is 15.3. The van der Waals surface area contributed by atoms with Crippen LogP contribution >= 0.6 is 0 Å². The lowest BCUT2D eigenvalue weighted by molar-refractivity contribution is 0.142. The maximum atomic E-state index is 11.0. The Morgan fingerprint density at radius 1 is 1.62 bits per heavy atom. The second kappa shape index (κ2) is 6.60. The van der Waals surface area contributed by atoms with Crippen LogP contribution in [0.2, 0.25) is 0 Å². The van der Waals surface area contributed by atoms with Crippen LogP contribution in [0.15, 0.2) is 12.3 Å². The number of rotatable bonds is 5. The smallest absolute Gasteiger partial charge is 0.407 e. The van der Waals surface area contributed by atoms with E-state index in [-0.39, 0.29) is 6.04 Å². The van der Waals surface area contributed by atoms with E-state index in [1.165, 1.54) is 4.90 Å². The van der Waals surface area contributed by atoms with Crippen molar-refractivity contribution in [3.05, 3.63) is 12.3 Å². The van der Waals surface area contributed by atoms with Crippen LogP contribution in [0, 0.1) is 5.92 Å². The Labute approximate surface area is 125 Å². The molecule has 0 aliphatic carbocycles. The van der Waals surface area contributed by atoms with E-state index in [4.69, 9.17) is 5.11 Å². The molecule has 1 saturated heterocycles. The van der Waals surface area contributed by atoms with Crippen molar-refractivity contribution in [3.63, 3.8) is 0 Å². The van der Waals surface area contributed by atoms with Crippen LogP contribution in [0.1, 0.15) is 20.3 Å². The zero-order valence-electron chi connectivity index (χ0n) is 12.8. The SMILES string of the molecule is CC(C)CNc1cc(N2CCC(N(C)C(=O)O)C2)cnn1. The molecule has 7 nitrogen and oxygen atoms in total. The molecule has 0 saturated carbocycles. The Bertz CT molecular complexity index is 494. The van der Waals surface area contributed by atoms with Gasteiger partial charge in [0.2, 0.25) is 0 Å². The highest BCUT2D eigenvalue weighted by Crippen LogP contribution is 2.23. The fraction of sp³-hybridized carbons (Fsp3) is 0.643. The van der Waals surface area contributed by atoms with Crippen molar-refractivity contribution >= 4 is 17.6 Å². The lowest BCUT2D eigenvalue weighted by Crippen LogP contribution is -2.38. The second-order valence-corrected chi connectivity index (χ2v) is 5.86. The van der Waals surface area contributed by atoms with Gasteiger partial charge in [-0.05, 0) is 12.3 Å². The highest BCUT2D eigenvalue weighted by atomic mass is 16.4. The van der Waals surface area contributed by atoms with Crippen molar-refractivity contribution in [3.8, 4) is 0 Å². The molecule has 1 aliphatic heterocycles. The lowest BCUT2D eigenvalue weighted by Gasteiger charge is -2.23. The van der Waals surface area contributed by atoms with Crippen LogP contribution in [0.3, 0.4) is 0 Å². The number of aromatic nitrogens is 2. The molecule has 21 heavy (non-hydrogen) atoms. The molecule has 2 rings (SSSR count). The van der Waals surface area contributed by atoms with Gasteiger partial charge in [0.15, 0.2) is 5.82 Å². The molecule has 0 bridgehead atoms. The van der Waals surface area contributed by atoms with Gasteiger partial charge < -0.3 is 20.2 Å². The van der Waals surface area contributed by atoms with Crippen LogP contribution in [-0.2, 0) is 0 Å². The third kappa shape index (κ3) is 3.96. The summed E-state index contributed by atoms with van der Waals surface area (Å²) in [6, 6.07) is 2.00. The van der Waals surface area contributed by atoms with E-state index in [0.717, 1.165) is 31.0 Å². The average Bonchev–Trinajstić information content (AvgIpc) is 2.94. The molecular weight excluding hydrogens is 270 g/mol. The molecule has 7 heteroatoms. The zero-order chi connectivity index (χ0) is 15.4. The van der Waals surface area contributed by atoms with Crippen LogP contribution in [0.5, 0.6) is 0 Å². The normalized spacial score (nSPS) is 18.1. The van der Waals surface area contributed by atoms with Crippen LogP contribution in [0.4, 0.5) is 16.3 Å². The number of amides is 1. The van der Waals surface area contributed by atoms with Crippen molar-refractivity contribution in [1.29, 1.82) is 0 Å². The van der Waals surface area contributed by atoms with Crippen LogP contribution in [0.25, 0.3) is 0 Å². The van der Waals surface area contributed by atoms with Gasteiger partial charge in [0.25, 0.3) is 0 Å². The highest BCUT2D eigenvalue weighted by molar-refractivity contribution is 5.65. The van der Waals surface area contributed by atoms with Gasteiger partial charge in [-0.25, -0.2) is 4.79 Å². The van der Waals surface area contributed by atoms with E-state index in [1.54, 1.807) is 13.2 Å². The van der Waals surface area contributed by atoms with Gasteiger partial charge >= 0.3 is 6.09 Å². The predicted molar refractivity (Wildman–Crippen MR) is 81.8 cm³/mol. The molecule has 1 aromatic rings. The molecule has 1 aliphatic rings. The van der Waals surface area contributed by atoms with Gasteiger partial charge in [-0.2, -0.15) is 5.10 Å². The minimum absolute atomic E-state index is 0.0303. The molecule has 116 valence electrons. The van der Waals surface area contributed by atoms with Crippen LogP contribution < -0.4 is 10.2 Å². The molecule has 1 amide bonds. The maximum absolute atomic E-state index is 11.0. The van der Waals surface area contributed by atoms with E-state index in [9.17, 15) is 4.79 Å². The summed E-state index contributed by atoms with van der Waals surface area (Å²) in [7, 11) is 1.62. The number of carboxylic acid groups (broad SMARTS) is 1. The summed E-state index contributed by atoms with van der Waals surface area (Å²) in [5.74, 6) is 1.30. The number of likely N-dealkylation sites (N-methyl/N-ethyl adjacent to an activating group) is 1. The Kier molecular flexibility index (Phi) is 4.82. The van der Waals surface area contributed by atoms with Crippen molar-refractivity contribution in [2.45, 2.75) is 26.3 Å². The summed E-state index contributed by atoms with van der Waals surface area (Å²) in [5, 5.41) is 20.4. The molecule has 1 unspecified atom stereocenters. The van der Waals surface area contributed by atoms with E-state index in [0.29, 0.717) is 12.5 Å². The van der Waals surface area contributed by atoms with Crippen LogP contribution in [-0.4, -0.2) is 59.0 Å². The molecular formula is C14H23N5O2. The lowest BCUT2D eigenvalue weighted by atomic mass is 10.2. The third-order valence-corrected chi connectivity index (χ3v) is 3.71. The first-order valence-corrected chi connectivity index (χ1v) is 7.24. The summed E-state index contributed by atoms with van der Waals surface area (Å²) in [6.45, 7) is 6.65. The second-order valence-electron chi connectivity index (χ2n) is 5.86. The Morgan fingerprint density at radius 3 is 3.05 bits per heavy atom. The monoisotopic (exact) mass is 293 g/mol. The third-order valence-electron chi connectivity index (χ3n) is 3.71. The minimum Gasteiger partial charge on any atom is -0.465 e. The topological polar surface area (TPSA) is 81.6 Å². The molecule has 1 aromatic heterocycles. The van der Waals surface area contributed by atoms with Crippen molar-refractivity contribution in [2.24, 2.45) is 5.92 Å². The fourth-order valence-electron chi connectivity index (χ4n) is 2.37. The standard InChI is InChI=1S/C14H23N5O2/c1-10(2)7-15-13-6-12(8-16-17-13)19-5-4-11(9-19)18(3)14(20)21/h6,8,10-11H,4-5,7,9H2,1-3H3,(H,15,17)(H,20,21). The summed E-state index contributed by atoms with van der Waals surface area (Å²) in [5.41, 5.74) is 0.984. The van der Waals surface area contributed by atoms with Gasteiger partial charge in [-0.3, -0.25) is 0 Å². The number of hydrogen-bond donors (Lipinski definition) is 2. The Morgan fingerprint density at radius 2 is 2.38 bits per heavy atom. The average molecular weight is 293 g/mol. The quantitative estimate of drug-likeness (QED) is 0.860. The summed E-state index contributed by atoms with van der Waals surface area (Å²) < 4.78 is 0. The van der Waals surface area contributed by atoms with E-state index in [1.807, 2.05) is 6.07 Å². The fourth-order valence-corrected chi connectivity index (χ4v) is 2.37. The van der Waals surface area contributed by atoms with Crippen molar-refractivity contribution < 1.29 is 9.90 Å². The van der Waals surface area contributed by atoms with Gasteiger partial charge in [0, 0.05) is 32.7 Å². The number of nitrogens with zero attached hydrogens (tertiary/aromatic N) is 4. The first-order valence-electron chi connectivity index (χ1n) is 7.24. The molecule has 0 radical (unpaired) electrons. The molecule has 2 heterocycles. The molecule has 2 N–H and O–H groups in total. The van der Waals surface area contributed by atoms with Gasteiger partial charge in [-0.15, -0.1) is 5.10 Å². The maximum Gasteiger partial charge on any atom is 0.407 e. The Hall–Kier alpha value is -2.05. The minimum atomic E-state index is -0.881. The Balaban J connectivity index is 1.99. The number of nitrogens with one attached hydrogen (secondary N) is 1. The molecule has 0 aromatic carbocycles. The number of anilines is 2. The van der Waals surface area contributed by atoms with E-state index in [2.05, 4.69) is 34.3 Å². The molecule has 0 spiro atoms. The largest absolute Gasteiger partial charge is 0.465 e.